The van der Waals surface area contributed by atoms with Gasteiger partial charge in [0.15, 0.2) is 0 Å². The maximum absolute atomic E-state index is 12.4. The second-order valence-corrected chi connectivity index (χ2v) is 8.58. The molecule has 5 nitrogen and oxygen atoms in total. The maximum atomic E-state index is 12.4. The number of hydrogen-bond acceptors (Lipinski definition) is 4. The Hall–Kier alpha value is -3.18. The molecule has 4 rings (SSSR count). The summed E-state index contributed by atoms with van der Waals surface area (Å²) in [4.78, 5) is 21.2. The molecule has 2 heterocycles. The first-order chi connectivity index (χ1) is 15.5. The van der Waals surface area contributed by atoms with Gasteiger partial charge in [-0.1, -0.05) is 36.4 Å². The second kappa shape index (κ2) is 9.96. The lowest BCUT2D eigenvalue weighted by atomic mass is 9.93. The number of fused-ring (bicyclic) bond motifs is 2. The maximum Gasteiger partial charge on any atom is 0.224 e. The largest absolute Gasteiger partial charge is 0.478 e. The number of hydrogen-bond donors (Lipinski definition) is 0. The summed E-state index contributed by atoms with van der Waals surface area (Å²) < 4.78 is 5.87. The van der Waals surface area contributed by atoms with E-state index in [0.717, 1.165) is 42.8 Å². The molecule has 0 saturated heterocycles. The molecular weight excluding hydrogens is 398 g/mol. The van der Waals surface area contributed by atoms with Crippen LogP contribution in [-0.4, -0.2) is 43.0 Å². The summed E-state index contributed by atoms with van der Waals surface area (Å²) in [7, 11) is 4.13. The fourth-order valence-electron chi connectivity index (χ4n) is 4.18. The molecule has 0 aliphatic carbocycles. The van der Waals surface area contributed by atoms with Crippen molar-refractivity contribution in [3.63, 3.8) is 0 Å². The Balaban J connectivity index is 1.56. The summed E-state index contributed by atoms with van der Waals surface area (Å²) in [5.74, 6) is 0.722. The normalized spacial score (nSPS) is 13.2. The van der Waals surface area contributed by atoms with E-state index in [1.165, 1.54) is 16.7 Å². The number of aromatic nitrogens is 1. The molecule has 0 bridgehead atoms. The fourth-order valence-corrected chi connectivity index (χ4v) is 4.18. The highest BCUT2D eigenvalue weighted by atomic mass is 16.5. The van der Waals surface area contributed by atoms with E-state index in [0.29, 0.717) is 19.0 Å². The van der Waals surface area contributed by atoms with Crippen LogP contribution in [0.5, 0.6) is 5.88 Å². The summed E-state index contributed by atoms with van der Waals surface area (Å²) in [5, 5.41) is 0. The Kier molecular flexibility index (Phi) is 6.86. The van der Waals surface area contributed by atoms with Gasteiger partial charge < -0.3 is 14.5 Å². The predicted molar refractivity (Wildman–Crippen MR) is 129 cm³/mol. The van der Waals surface area contributed by atoms with Crippen molar-refractivity contribution in [2.24, 2.45) is 0 Å². The lowest BCUT2D eigenvalue weighted by molar-refractivity contribution is -0.116. The zero-order valence-corrected chi connectivity index (χ0v) is 19.2. The minimum Gasteiger partial charge on any atom is -0.478 e. The van der Waals surface area contributed by atoms with E-state index < -0.39 is 0 Å². The van der Waals surface area contributed by atoms with Crippen LogP contribution in [0, 0.1) is 0 Å². The van der Waals surface area contributed by atoms with Gasteiger partial charge in [0.25, 0.3) is 0 Å². The Labute approximate surface area is 190 Å². The Morgan fingerprint density at radius 2 is 1.81 bits per heavy atom. The molecule has 1 amide bonds. The number of pyridine rings is 1. The van der Waals surface area contributed by atoms with Gasteiger partial charge in [0, 0.05) is 30.8 Å². The molecule has 0 saturated carbocycles. The quantitative estimate of drug-likeness (QED) is 0.532. The van der Waals surface area contributed by atoms with Crippen LogP contribution in [0.4, 0.5) is 5.69 Å². The summed E-state index contributed by atoms with van der Waals surface area (Å²) in [6.45, 7) is 3.87. The molecule has 0 radical (unpaired) electrons. The number of benzene rings is 2. The van der Waals surface area contributed by atoms with Gasteiger partial charge in [-0.15, -0.1) is 0 Å². The molecule has 32 heavy (non-hydrogen) atoms. The number of carbonyl (C=O) groups excluding carboxylic acids is 1. The van der Waals surface area contributed by atoms with Gasteiger partial charge >= 0.3 is 0 Å². The van der Waals surface area contributed by atoms with Gasteiger partial charge in [0.05, 0.1) is 18.8 Å². The van der Waals surface area contributed by atoms with Crippen molar-refractivity contribution < 1.29 is 9.53 Å². The molecule has 3 aromatic rings. The number of carbonyl (C=O) groups is 1. The molecule has 166 valence electrons. The Morgan fingerprint density at radius 3 is 2.62 bits per heavy atom. The van der Waals surface area contributed by atoms with Crippen molar-refractivity contribution in [3.8, 4) is 17.1 Å². The van der Waals surface area contributed by atoms with Crippen molar-refractivity contribution in [3.05, 3.63) is 77.4 Å². The van der Waals surface area contributed by atoms with Crippen LogP contribution in [0.15, 0.2) is 60.7 Å². The zero-order chi connectivity index (χ0) is 22.5. The van der Waals surface area contributed by atoms with Crippen molar-refractivity contribution >= 4 is 11.6 Å². The summed E-state index contributed by atoms with van der Waals surface area (Å²) in [6, 6.07) is 20.6. The molecule has 1 aliphatic rings. The fraction of sp³-hybridized carbons (Fsp3) is 0.333. The van der Waals surface area contributed by atoms with Crippen LogP contribution in [0.1, 0.15) is 30.0 Å². The highest BCUT2D eigenvalue weighted by Gasteiger charge is 2.20. The molecule has 0 N–H and O–H groups in total. The van der Waals surface area contributed by atoms with Crippen LogP contribution in [0.2, 0.25) is 0 Å². The van der Waals surface area contributed by atoms with Gasteiger partial charge in [0.1, 0.15) is 0 Å². The van der Waals surface area contributed by atoms with E-state index >= 15 is 0 Å². The molecule has 0 spiro atoms. The lowest BCUT2D eigenvalue weighted by Crippen LogP contribution is -2.30. The first-order valence-corrected chi connectivity index (χ1v) is 11.2. The number of nitrogens with zero attached hydrogens (tertiary/aromatic N) is 3. The third kappa shape index (κ3) is 5.17. The minimum atomic E-state index is 0.0650. The van der Waals surface area contributed by atoms with Gasteiger partial charge in [-0.2, -0.15) is 0 Å². The smallest absolute Gasteiger partial charge is 0.224 e. The number of para-hydroxylation sites is 1. The van der Waals surface area contributed by atoms with E-state index in [2.05, 4.69) is 43.3 Å². The van der Waals surface area contributed by atoms with Gasteiger partial charge in [-0.3, -0.25) is 4.79 Å². The number of ether oxygens (including phenoxy) is 1. The number of amides is 1. The molecule has 0 fully saturated rings. The number of anilines is 1. The van der Waals surface area contributed by atoms with Crippen LogP contribution in [0.25, 0.3) is 11.3 Å². The molecule has 2 aromatic carbocycles. The second-order valence-electron chi connectivity index (χ2n) is 8.58. The van der Waals surface area contributed by atoms with E-state index in [1.54, 1.807) is 6.92 Å². The first kappa shape index (κ1) is 22.0. The van der Waals surface area contributed by atoms with E-state index in [1.807, 2.05) is 41.3 Å². The van der Waals surface area contributed by atoms with Crippen molar-refractivity contribution in [2.75, 3.05) is 32.1 Å². The lowest BCUT2D eigenvalue weighted by Gasteiger charge is -2.28. The van der Waals surface area contributed by atoms with E-state index in [9.17, 15) is 4.79 Å². The third-order valence-electron chi connectivity index (χ3n) is 5.88. The van der Waals surface area contributed by atoms with E-state index in [-0.39, 0.29) is 5.91 Å². The van der Waals surface area contributed by atoms with E-state index in [4.69, 9.17) is 9.72 Å². The van der Waals surface area contributed by atoms with Gasteiger partial charge in [0.2, 0.25) is 11.8 Å². The summed E-state index contributed by atoms with van der Waals surface area (Å²) in [5.41, 5.74) is 6.67. The number of aryl methyl sites for hydroxylation is 2. The van der Waals surface area contributed by atoms with Gasteiger partial charge in [-0.25, -0.2) is 4.98 Å². The molecule has 0 unspecified atom stereocenters. The summed E-state index contributed by atoms with van der Waals surface area (Å²) in [6.07, 6.45) is 2.80. The summed E-state index contributed by atoms with van der Waals surface area (Å²) >= 11 is 0. The first-order valence-electron chi connectivity index (χ1n) is 11.2. The highest BCUT2D eigenvalue weighted by molar-refractivity contribution is 5.92. The topological polar surface area (TPSA) is 45.7 Å². The standard InChI is InChI=1S/C27H31N3O2/c1-20(31)30-19-24-15-14-23(18-22(24)13-12-21-8-4-5-10-26(21)30)25-9-6-11-27(28-25)32-17-7-16-29(2)3/h4-6,8-11,14-15,18H,7,12-13,16-17,19H2,1-3H3. The SMILES string of the molecule is CC(=O)N1Cc2ccc(-c3cccc(OCCCN(C)C)n3)cc2CCc2ccccc21. The van der Waals surface area contributed by atoms with Crippen LogP contribution in [0.3, 0.4) is 0 Å². The molecule has 0 atom stereocenters. The highest BCUT2D eigenvalue weighted by Crippen LogP contribution is 2.31. The van der Waals surface area contributed by atoms with Crippen molar-refractivity contribution in [1.29, 1.82) is 0 Å². The monoisotopic (exact) mass is 429 g/mol. The average Bonchev–Trinajstić information content (AvgIpc) is 2.78. The van der Waals surface area contributed by atoms with Gasteiger partial charge in [-0.05, 0) is 68.2 Å². The zero-order valence-electron chi connectivity index (χ0n) is 19.2. The third-order valence-corrected chi connectivity index (χ3v) is 5.88. The van der Waals surface area contributed by atoms with Crippen molar-refractivity contribution in [2.45, 2.75) is 32.7 Å². The average molecular weight is 430 g/mol. The minimum absolute atomic E-state index is 0.0650. The molecule has 5 heteroatoms. The Bertz CT molecular complexity index is 1090. The van der Waals surface area contributed by atoms with Crippen LogP contribution >= 0.6 is 0 Å². The molecule has 1 aromatic heterocycles. The number of rotatable bonds is 6. The van der Waals surface area contributed by atoms with Crippen LogP contribution < -0.4 is 9.64 Å². The predicted octanol–water partition coefficient (Wildman–Crippen LogP) is 4.73. The Morgan fingerprint density at radius 1 is 1.00 bits per heavy atom. The molecule has 1 aliphatic heterocycles. The van der Waals surface area contributed by atoms with Crippen LogP contribution in [-0.2, 0) is 24.2 Å². The molecular formula is C27H31N3O2. The van der Waals surface area contributed by atoms with Crippen molar-refractivity contribution in [1.82, 2.24) is 9.88 Å².